The normalized spacial score (nSPS) is 10.7. The average molecular weight is 362 g/mol. The van der Waals surface area contributed by atoms with Gasteiger partial charge in [-0.05, 0) is 19.7 Å². The highest BCUT2D eigenvalue weighted by Gasteiger charge is 1.93. The van der Waals surface area contributed by atoms with Crippen LogP contribution < -0.4 is 0 Å². The second-order valence-corrected chi connectivity index (χ2v) is 7.97. The zero-order chi connectivity index (χ0) is 19.3. The minimum Gasteiger partial charge on any atom is -0.305 e. The maximum Gasteiger partial charge on any atom is 0.0227 e. The Morgan fingerprint density at radius 2 is 0.885 bits per heavy atom. The van der Waals surface area contributed by atoms with Crippen molar-refractivity contribution in [2.75, 3.05) is 14.1 Å². The van der Waals surface area contributed by atoms with Gasteiger partial charge >= 0.3 is 0 Å². The van der Waals surface area contributed by atoms with Crippen LogP contribution in [0.1, 0.15) is 109 Å². The Kier molecular flexibility index (Phi) is 19.8. The molecule has 0 unspecified atom stereocenters. The number of benzene rings is 1. The van der Waals surface area contributed by atoms with E-state index >= 15 is 0 Å². The monoisotopic (exact) mass is 361 g/mol. The van der Waals surface area contributed by atoms with Crippen LogP contribution in [0.25, 0.3) is 0 Å². The van der Waals surface area contributed by atoms with Crippen molar-refractivity contribution in [2.45, 2.75) is 110 Å². The third-order valence-electron chi connectivity index (χ3n) is 4.80. The number of rotatable bonds is 15. The van der Waals surface area contributed by atoms with E-state index in [0.29, 0.717) is 0 Å². The Morgan fingerprint density at radius 1 is 0.538 bits per heavy atom. The van der Waals surface area contributed by atoms with Crippen LogP contribution in [0.2, 0.25) is 0 Å². The van der Waals surface area contributed by atoms with Gasteiger partial charge in [0.2, 0.25) is 0 Å². The van der Waals surface area contributed by atoms with E-state index in [1.54, 1.807) is 0 Å². The van der Waals surface area contributed by atoms with Gasteiger partial charge in [0.25, 0.3) is 0 Å². The summed E-state index contributed by atoms with van der Waals surface area (Å²) in [4.78, 5) is 2.16. The minimum absolute atomic E-state index is 1.03. The quantitative estimate of drug-likeness (QED) is 0.284. The van der Waals surface area contributed by atoms with Crippen LogP contribution in [0.4, 0.5) is 0 Å². The lowest BCUT2D eigenvalue weighted by Gasteiger charge is -2.08. The summed E-state index contributed by atoms with van der Waals surface area (Å²) in [5.41, 5.74) is 1.37. The molecule has 0 amide bonds. The lowest BCUT2D eigenvalue weighted by molar-refractivity contribution is 0.402. The van der Waals surface area contributed by atoms with Crippen LogP contribution in [-0.4, -0.2) is 19.0 Å². The van der Waals surface area contributed by atoms with Crippen LogP contribution in [0.5, 0.6) is 0 Å². The first-order valence-electron chi connectivity index (χ1n) is 11.4. The molecule has 0 aromatic heterocycles. The van der Waals surface area contributed by atoms with Crippen molar-refractivity contribution >= 4 is 0 Å². The first-order valence-corrected chi connectivity index (χ1v) is 11.4. The molecule has 0 bridgehead atoms. The summed E-state index contributed by atoms with van der Waals surface area (Å²) >= 11 is 0. The minimum atomic E-state index is 1.03. The van der Waals surface area contributed by atoms with E-state index in [1.807, 2.05) is 6.07 Å². The van der Waals surface area contributed by atoms with E-state index in [1.165, 1.54) is 95.5 Å². The fourth-order valence-electron chi connectivity index (χ4n) is 3.22. The van der Waals surface area contributed by atoms with Crippen molar-refractivity contribution in [3.8, 4) is 0 Å². The second-order valence-electron chi connectivity index (χ2n) is 7.97. The third-order valence-corrected chi connectivity index (χ3v) is 4.80. The van der Waals surface area contributed by atoms with Crippen LogP contribution in [0.3, 0.4) is 0 Å². The number of hydrogen-bond donors (Lipinski definition) is 0. The maximum atomic E-state index is 2.29. The molecule has 0 N–H and O–H groups in total. The largest absolute Gasteiger partial charge is 0.305 e. The lowest BCUT2D eigenvalue weighted by atomic mass is 10.0. The molecule has 1 aromatic rings. The van der Waals surface area contributed by atoms with Crippen molar-refractivity contribution in [3.63, 3.8) is 0 Å². The van der Waals surface area contributed by atoms with Crippen molar-refractivity contribution < 1.29 is 0 Å². The summed E-state index contributed by atoms with van der Waals surface area (Å²) in [6.45, 7) is 5.61. The average Bonchev–Trinajstić information content (AvgIpc) is 2.63. The SMILES string of the molecule is CCCCCCCCCCCCCCCC.CN(C)Cc1ccccc1. The highest BCUT2D eigenvalue weighted by molar-refractivity contribution is 5.14. The fraction of sp³-hybridized carbons (Fsp3) is 0.760. The van der Waals surface area contributed by atoms with E-state index < -0.39 is 0 Å². The van der Waals surface area contributed by atoms with Crippen LogP contribution in [0, 0.1) is 0 Å². The van der Waals surface area contributed by atoms with Gasteiger partial charge in [-0.3, -0.25) is 0 Å². The van der Waals surface area contributed by atoms with Gasteiger partial charge in [0.1, 0.15) is 0 Å². The molecule has 0 aliphatic heterocycles. The van der Waals surface area contributed by atoms with Gasteiger partial charge in [-0.15, -0.1) is 0 Å². The van der Waals surface area contributed by atoms with Crippen LogP contribution in [-0.2, 0) is 6.54 Å². The standard InChI is InChI=1S/C16H34.C9H13N/c1-3-5-7-9-11-13-15-16-14-12-10-8-6-4-2;1-10(2)8-9-6-4-3-5-7-9/h3-16H2,1-2H3;3-7H,8H2,1-2H3. The summed E-state index contributed by atoms with van der Waals surface area (Å²) in [6.07, 6.45) is 20.4. The van der Waals surface area contributed by atoms with Crippen molar-refractivity contribution in [1.82, 2.24) is 4.90 Å². The van der Waals surface area contributed by atoms with Crippen molar-refractivity contribution in [3.05, 3.63) is 35.9 Å². The van der Waals surface area contributed by atoms with E-state index in [9.17, 15) is 0 Å². The third kappa shape index (κ3) is 19.5. The van der Waals surface area contributed by atoms with E-state index in [2.05, 4.69) is 57.1 Å². The topological polar surface area (TPSA) is 3.24 Å². The van der Waals surface area contributed by atoms with Gasteiger partial charge in [0.15, 0.2) is 0 Å². The van der Waals surface area contributed by atoms with Crippen LogP contribution >= 0.6 is 0 Å². The zero-order valence-electron chi connectivity index (χ0n) is 18.4. The second kappa shape index (κ2) is 20.5. The summed E-state index contributed by atoms with van der Waals surface area (Å²) in [7, 11) is 4.15. The number of hydrogen-bond acceptors (Lipinski definition) is 1. The first kappa shape index (κ1) is 25.2. The summed E-state index contributed by atoms with van der Waals surface area (Å²) in [5.74, 6) is 0. The maximum absolute atomic E-state index is 2.29. The molecular formula is C25H47N. The molecule has 0 atom stereocenters. The molecule has 0 radical (unpaired) electrons. The highest BCUT2D eigenvalue weighted by atomic mass is 15.0. The predicted molar refractivity (Wildman–Crippen MR) is 120 cm³/mol. The smallest absolute Gasteiger partial charge is 0.0227 e. The van der Waals surface area contributed by atoms with Crippen molar-refractivity contribution in [2.24, 2.45) is 0 Å². The first-order chi connectivity index (χ1) is 12.7. The Bertz CT molecular complexity index is 344. The Balaban J connectivity index is 0.000000531. The highest BCUT2D eigenvalue weighted by Crippen LogP contribution is 2.12. The summed E-state index contributed by atoms with van der Waals surface area (Å²) < 4.78 is 0. The molecule has 0 saturated carbocycles. The summed E-state index contributed by atoms with van der Waals surface area (Å²) in [6, 6.07) is 10.5. The number of nitrogens with zero attached hydrogens (tertiary/aromatic N) is 1. The molecule has 0 aliphatic carbocycles. The molecule has 0 fully saturated rings. The molecule has 152 valence electrons. The Labute approximate surface area is 165 Å². The molecule has 0 aliphatic rings. The van der Waals surface area contributed by atoms with Gasteiger partial charge in [-0.1, -0.05) is 134 Å². The molecule has 0 spiro atoms. The molecule has 1 heteroatoms. The van der Waals surface area contributed by atoms with E-state index in [4.69, 9.17) is 0 Å². The molecule has 1 aromatic carbocycles. The molecule has 0 heterocycles. The van der Waals surface area contributed by atoms with Gasteiger partial charge in [-0.25, -0.2) is 0 Å². The zero-order valence-corrected chi connectivity index (χ0v) is 18.4. The molecule has 1 nitrogen and oxygen atoms in total. The predicted octanol–water partition coefficient (Wildman–Crippen LogP) is 8.24. The molecule has 0 saturated heterocycles. The summed E-state index contributed by atoms with van der Waals surface area (Å²) in [5, 5.41) is 0. The molecule has 26 heavy (non-hydrogen) atoms. The van der Waals surface area contributed by atoms with Gasteiger partial charge in [0.05, 0.1) is 0 Å². The van der Waals surface area contributed by atoms with E-state index in [0.717, 1.165) is 6.54 Å². The molecular weight excluding hydrogens is 314 g/mol. The van der Waals surface area contributed by atoms with Gasteiger partial charge in [0, 0.05) is 6.54 Å². The van der Waals surface area contributed by atoms with Crippen LogP contribution in [0.15, 0.2) is 30.3 Å². The Morgan fingerprint density at radius 3 is 1.19 bits per heavy atom. The van der Waals surface area contributed by atoms with Gasteiger partial charge < -0.3 is 4.90 Å². The van der Waals surface area contributed by atoms with E-state index in [-0.39, 0.29) is 0 Å². The number of unbranched alkanes of at least 4 members (excludes halogenated alkanes) is 13. The van der Waals surface area contributed by atoms with Gasteiger partial charge in [-0.2, -0.15) is 0 Å². The Hall–Kier alpha value is -0.820. The lowest BCUT2D eigenvalue weighted by Crippen LogP contribution is -2.10. The fourth-order valence-corrected chi connectivity index (χ4v) is 3.22. The van der Waals surface area contributed by atoms with Crippen molar-refractivity contribution in [1.29, 1.82) is 0 Å². The molecule has 1 rings (SSSR count).